The molecule has 1 rings (SSSR count). The number of benzene rings is 1. The number of thioether (sulfide) groups is 1. The summed E-state index contributed by atoms with van der Waals surface area (Å²) in [5.41, 5.74) is -0.788. The maximum Gasteiger partial charge on any atom is 0.416 e. The number of amidine groups is 1. The van der Waals surface area contributed by atoms with Crippen LogP contribution in [0.3, 0.4) is 0 Å². The molecule has 0 bridgehead atoms. The topological polar surface area (TPSA) is 57.4 Å². The molecule has 1 aromatic rings. The van der Waals surface area contributed by atoms with E-state index in [1.54, 1.807) is 26.3 Å². The summed E-state index contributed by atoms with van der Waals surface area (Å²) in [4.78, 5) is 3.97. The minimum absolute atomic E-state index is 0.0626. The first-order valence-corrected chi connectivity index (χ1v) is 7.15. The van der Waals surface area contributed by atoms with Crippen LogP contribution in [0.15, 0.2) is 23.2 Å². The number of nitrogens with zero attached hydrogens (tertiary/aromatic N) is 2. The van der Waals surface area contributed by atoms with Crippen molar-refractivity contribution < 1.29 is 17.9 Å². The number of nitriles is 1. The van der Waals surface area contributed by atoms with E-state index in [-0.39, 0.29) is 22.7 Å². The molecule has 21 heavy (non-hydrogen) atoms. The zero-order valence-corrected chi connectivity index (χ0v) is 12.5. The fraction of sp³-hybridized carbons (Fsp3) is 0.385. The van der Waals surface area contributed by atoms with E-state index >= 15 is 0 Å². The molecule has 8 heteroatoms. The van der Waals surface area contributed by atoms with Gasteiger partial charge in [-0.05, 0) is 32.2 Å². The van der Waals surface area contributed by atoms with Crippen LogP contribution in [0.4, 0.5) is 18.9 Å². The second-order valence-electron chi connectivity index (χ2n) is 4.24. The summed E-state index contributed by atoms with van der Waals surface area (Å²) in [6.45, 7) is 3.43. The maximum atomic E-state index is 12.9. The van der Waals surface area contributed by atoms with Gasteiger partial charge in [0.15, 0.2) is 11.4 Å². The average molecular weight is 317 g/mol. The number of rotatable bonds is 3. The molecule has 0 heterocycles. The Morgan fingerprint density at radius 2 is 2.05 bits per heavy atom. The van der Waals surface area contributed by atoms with Crippen molar-refractivity contribution in [3.8, 4) is 11.9 Å². The van der Waals surface area contributed by atoms with Gasteiger partial charge >= 0.3 is 6.18 Å². The molecule has 0 saturated heterocycles. The first-order chi connectivity index (χ1) is 9.76. The molecule has 1 aromatic carbocycles. The first kappa shape index (κ1) is 17.2. The van der Waals surface area contributed by atoms with Gasteiger partial charge in [-0.25, -0.2) is 4.99 Å². The van der Waals surface area contributed by atoms with Gasteiger partial charge in [0.1, 0.15) is 5.75 Å². The average Bonchev–Trinajstić information content (AvgIpc) is 2.36. The molecule has 0 saturated carbocycles. The molecule has 0 aromatic heterocycles. The fourth-order valence-corrected chi connectivity index (χ4v) is 1.79. The maximum absolute atomic E-state index is 12.9. The Labute approximate surface area is 125 Å². The Hall–Kier alpha value is -1.88. The van der Waals surface area contributed by atoms with Crippen molar-refractivity contribution in [3.05, 3.63) is 23.8 Å². The largest absolute Gasteiger partial charge is 0.491 e. The Morgan fingerprint density at radius 1 is 1.38 bits per heavy atom. The van der Waals surface area contributed by atoms with E-state index in [0.29, 0.717) is 0 Å². The van der Waals surface area contributed by atoms with Crippen molar-refractivity contribution in [2.75, 3.05) is 6.26 Å². The molecule has 0 spiro atoms. The molecule has 0 unspecified atom stereocenters. The quantitative estimate of drug-likeness (QED) is 0.397. The van der Waals surface area contributed by atoms with E-state index in [1.807, 2.05) is 0 Å². The summed E-state index contributed by atoms with van der Waals surface area (Å²) >= 11 is 1.12. The van der Waals surface area contributed by atoms with E-state index in [1.165, 1.54) is 6.07 Å². The molecule has 1 N–H and O–H groups in total. The first-order valence-electron chi connectivity index (χ1n) is 5.93. The Kier molecular flexibility index (Phi) is 5.90. The Bertz CT molecular complexity index is 565. The van der Waals surface area contributed by atoms with Crippen LogP contribution in [0.25, 0.3) is 0 Å². The molecular formula is C13H14F3N3OS. The second-order valence-corrected chi connectivity index (χ2v) is 5.03. The third-order valence-corrected chi connectivity index (χ3v) is 2.76. The van der Waals surface area contributed by atoms with E-state index in [9.17, 15) is 13.2 Å². The van der Waals surface area contributed by atoms with Crippen LogP contribution in [0.2, 0.25) is 0 Å². The molecule has 4 nitrogen and oxygen atoms in total. The number of hydrogen-bond acceptors (Lipinski definition) is 4. The highest BCUT2D eigenvalue weighted by molar-refractivity contribution is 8.13. The standard InChI is InChI=1S/C13H14F3N3OS/c1-8(2)20-11-5-9(13(14,15)16)4-10(6-11)19-12(21-3)18-7-17/h4-6,8H,1-3H3,(H,18,19). The van der Waals surface area contributed by atoms with Gasteiger partial charge in [0.25, 0.3) is 0 Å². The van der Waals surface area contributed by atoms with Crippen LogP contribution in [-0.4, -0.2) is 17.5 Å². The number of aliphatic imine (C=N–C) groups is 1. The molecule has 0 radical (unpaired) electrons. The number of alkyl halides is 3. The highest BCUT2D eigenvalue weighted by Crippen LogP contribution is 2.35. The molecule has 0 amide bonds. The van der Waals surface area contributed by atoms with Gasteiger partial charge in [-0.1, -0.05) is 11.8 Å². The monoisotopic (exact) mass is 317 g/mol. The number of ether oxygens (including phenoxy) is 1. The van der Waals surface area contributed by atoms with Crippen LogP contribution in [0.5, 0.6) is 5.75 Å². The van der Waals surface area contributed by atoms with Gasteiger partial charge in [-0.2, -0.15) is 18.4 Å². The summed E-state index contributed by atoms with van der Waals surface area (Å²) in [5.74, 6) is 0.0796. The normalized spacial score (nSPS) is 12.2. The molecule has 0 aliphatic carbocycles. The van der Waals surface area contributed by atoms with Crippen molar-refractivity contribution in [2.45, 2.75) is 26.1 Å². The van der Waals surface area contributed by atoms with Crippen LogP contribution in [-0.2, 0) is 6.18 Å². The summed E-state index contributed by atoms with van der Waals surface area (Å²) in [7, 11) is 0. The summed E-state index contributed by atoms with van der Waals surface area (Å²) in [5, 5.41) is 11.0. The number of halogens is 3. The summed E-state index contributed by atoms with van der Waals surface area (Å²) in [6, 6.07) is 3.22. The Morgan fingerprint density at radius 3 is 2.52 bits per heavy atom. The van der Waals surface area contributed by atoms with E-state index in [2.05, 4.69) is 10.3 Å². The molecule has 0 fully saturated rings. The zero-order valence-electron chi connectivity index (χ0n) is 11.7. The van der Waals surface area contributed by atoms with Crippen LogP contribution >= 0.6 is 11.8 Å². The van der Waals surface area contributed by atoms with Gasteiger partial charge in [0.2, 0.25) is 0 Å². The van der Waals surface area contributed by atoms with Crippen molar-refractivity contribution in [1.29, 1.82) is 5.26 Å². The van der Waals surface area contributed by atoms with Crippen molar-refractivity contribution in [2.24, 2.45) is 4.99 Å². The second kappa shape index (κ2) is 7.22. The highest BCUT2D eigenvalue weighted by Gasteiger charge is 2.31. The lowest BCUT2D eigenvalue weighted by molar-refractivity contribution is -0.137. The van der Waals surface area contributed by atoms with E-state index < -0.39 is 11.7 Å². The molecule has 0 atom stereocenters. The number of nitrogens with one attached hydrogen (secondary N) is 1. The molecular weight excluding hydrogens is 303 g/mol. The van der Waals surface area contributed by atoms with Crippen LogP contribution < -0.4 is 10.1 Å². The van der Waals surface area contributed by atoms with Gasteiger partial charge in [0.05, 0.1) is 17.4 Å². The minimum atomic E-state index is -4.50. The van der Waals surface area contributed by atoms with Crippen LogP contribution in [0.1, 0.15) is 19.4 Å². The molecule has 0 aliphatic rings. The van der Waals surface area contributed by atoms with Gasteiger partial charge in [0, 0.05) is 6.07 Å². The smallest absolute Gasteiger partial charge is 0.416 e. The van der Waals surface area contributed by atoms with Crippen molar-refractivity contribution in [1.82, 2.24) is 5.32 Å². The predicted octanol–water partition coefficient (Wildman–Crippen LogP) is 3.91. The lowest BCUT2D eigenvalue weighted by Gasteiger charge is -2.14. The summed E-state index contributed by atoms with van der Waals surface area (Å²) < 4.78 is 43.9. The SMILES string of the molecule is CSC(=Nc1cc(OC(C)C)cc(C(F)(F)F)c1)NC#N. The summed E-state index contributed by atoms with van der Waals surface area (Å²) in [6.07, 6.45) is -1.43. The predicted molar refractivity (Wildman–Crippen MR) is 76.6 cm³/mol. The third kappa shape index (κ3) is 5.55. The molecule has 114 valence electrons. The lowest BCUT2D eigenvalue weighted by Crippen LogP contribution is -2.13. The number of hydrogen-bond donors (Lipinski definition) is 1. The van der Waals surface area contributed by atoms with Gasteiger partial charge < -0.3 is 4.74 Å². The molecule has 0 aliphatic heterocycles. The van der Waals surface area contributed by atoms with E-state index in [0.717, 1.165) is 23.9 Å². The minimum Gasteiger partial charge on any atom is -0.491 e. The van der Waals surface area contributed by atoms with Crippen LogP contribution in [0, 0.1) is 11.5 Å². The van der Waals surface area contributed by atoms with Crippen molar-refractivity contribution in [3.63, 3.8) is 0 Å². The lowest BCUT2D eigenvalue weighted by atomic mass is 10.2. The fourth-order valence-electron chi connectivity index (χ4n) is 1.44. The Balaban J connectivity index is 3.28. The highest BCUT2D eigenvalue weighted by atomic mass is 32.2. The zero-order chi connectivity index (χ0) is 16.0. The van der Waals surface area contributed by atoms with E-state index in [4.69, 9.17) is 10.00 Å². The third-order valence-electron chi connectivity index (χ3n) is 2.18. The van der Waals surface area contributed by atoms with Gasteiger partial charge in [-0.3, -0.25) is 5.32 Å². The van der Waals surface area contributed by atoms with Gasteiger partial charge in [-0.15, -0.1) is 0 Å². The van der Waals surface area contributed by atoms with Crippen molar-refractivity contribution >= 4 is 22.6 Å².